The van der Waals surface area contributed by atoms with Crippen LogP contribution in [0.1, 0.15) is 41.5 Å². The predicted octanol–water partition coefficient (Wildman–Crippen LogP) is -7.47. The number of carboxylic acid groups (broad SMARTS) is 6. The quantitative estimate of drug-likeness (QED) is 0.218. The monoisotopic (exact) mass is 672 g/mol. The molecule has 0 spiro atoms. The predicted molar refractivity (Wildman–Crippen MR) is 64.1 cm³/mol. The molecule has 0 aromatic carbocycles. The van der Waals surface area contributed by atoms with Gasteiger partial charge < -0.3 is 59.4 Å². The van der Waals surface area contributed by atoms with Gasteiger partial charge in [0.25, 0.3) is 0 Å². The van der Waals surface area contributed by atoms with E-state index in [0.29, 0.717) is 0 Å². The van der Waals surface area contributed by atoms with Crippen molar-refractivity contribution in [2.45, 2.75) is 41.5 Å². The Morgan fingerprint density at radius 1 is 0.333 bits per heavy atom. The number of rotatable bonds is 0. The van der Waals surface area contributed by atoms with Gasteiger partial charge in [0.15, 0.2) is 0 Å². The van der Waals surface area contributed by atoms with Gasteiger partial charge in [0, 0.05) is 35.8 Å². The van der Waals surface area contributed by atoms with Gasteiger partial charge in [-0.25, -0.2) is 0 Å². The zero-order valence-electron chi connectivity index (χ0n) is 14.8. The molecule has 0 aliphatic rings. The van der Waals surface area contributed by atoms with Crippen LogP contribution in [0.4, 0.5) is 0 Å². The minimum Gasteiger partial charge on any atom is -0.550 e. The molecule has 0 atom stereocenters. The van der Waals surface area contributed by atoms with Crippen molar-refractivity contribution in [3.05, 3.63) is 0 Å². The first-order chi connectivity index (χ1) is 10.4. The molecule has 0 fully saturated rings. The maximum absolute atomic E-state index is 8.89. The largest absolute Gasteiger partial charge is 2.00 e. The van der Waals surface area contributed by atoms with Crippen LogP contribution < -0.4 is 30.6 Å². The Balaban J connectivity index is -0.0000000201. The molecular formula is C12H18O12Pd3. The Labute approximate surface area is 197 Å². The van der Waals surface area contributed by atoms with E-state index in [1.165, 1.54) is 0 Å². The van der Waals surface area contributed by atoms with Crippen molar-refractivity contribution >= 4 is 35.8 Å². The van der Waals surface area contributed by atoms with Crippen LogP contribution in [0.3, 0.4) is 0 Å². The van der Waals surface area contributed by atoms with Crippen molar-refractivity contribution in [2.24, 2.45) is 0 Å². The number of hydrogen-bond donors (Lipinski definition) is 0. The van der Waals surface area contributed by atoms with Crippen molar-refractivity contribution in [3.63, 3.8) is 0 Å². The molecule has 0 saturated heterocycles. The fourth-order valence-electron chi connectivity index (χ4n) is 0. The standard InChI is InChI=1S/6C2H4O2.3Pd/c6*1-2(3)4;;;/h6*1H3,(H,3,4);;;/q;;;;;;3*+2/p-6. The molecule has 0 bridgehead atoms. The number of carbonyl (C=O) groups excluding carboxylic acids is 6. The normalized spacial score (nSPS) is 5.56. The summed E-state index contributed by atoms with van der Waals surface area (Å²) in [4.78, 5) is 53.3. The average molecular weight is 674 g/mol. The van der Waals surface area contributed by atoms with E-state index in [2.05, 4.69) is 0 Å². The Morgan fingerprint density at radius 2 is 0.333 bits per heavy atom. The van der Waals surface area contributed by atoms with Crippen LogP contribution in [-0.2, 0) is 90.0 Å². The fourth-order valence-corrected chi connectivity index (χ4v) is 0. The maximum atomic E-state index is 8.89. The Morgan fingerprint density at radius 3 is 0.333 bits per heavy atom. The Bertz CT molecular complexity index is 269. The minimum atomic E-state index is -1.08. The second-order valence-corrected chi connectivity index (χ2v) is 2.95. The first-order valence-corrected chi connectivity index (χ1v) is 5.45. The van der Waals surface area contributed by atoms with Crippen molar-refractivity contribution in [1.82, 2.24) is 0 Å². The van der Waals surface area contributed by atoms with Gasteiger partial charge in [-0.1, -0.05) is 0 Å². The van der Waals surface area contributed by atoms with Gasteiger partial charge in [-0.15, -0.1) is 0 Å². The molecule has 0 saturated carbocycles. The summed E-state index contributed by atoms with van der Waals surface area (Å²) in [5, 5.41) is 53.3. The van der Waals surface area contributed by atoms with E-state index >= 15 is 0 Å². The third-order valence-electron chi connectivity index (χ3n) is 0. The van der Waals surface area contributed by atoms with Crippen LogP contribution in [-0.4, -0.2) is 35.8 Å². The molecule has 0 amide bonds. The molecule has 15 heteroatoms. The molecule has 0 heterocycles. The summed E-state index contributed by atoms with van der Waals surface area (Å²) >= 11 is 0. The molecule has 0 aromatic rings. The number of carboxylic acids is 6. The van der Waals surface area contributed by atoms with E-state index in [4.69, 9.17) is 59.4 Å². The third kappa shape index (κ3) is 9070. The van der Waals surface area contributed by atoms with Gasteiger partial charge in [0.05, 0.1) is 0 Å². The van der Waals surface area contributed by atoms with Crippen LogP contribution in [0.25, 0.3) is 0 Å². The molecule has 0 unspecified atom stereocenters. The molecule has 0 N–H and O–H groups in total. The average Bonchev–Trinajstić information content (AvgIpc) is 2.08. The van der Waals surface area contributed by atoms with E-state index in [9.17, 15) is 0 Å². The summed E-state index contributed by atoms with van der Waals surface area (Å²) in [5.41, 5.74) is 0. The van der Waals surface area contributed by atoms with Gasteiger partial charge >= 0.3 is 61.3 Å². The van der Waals surface area contributed by atoms with Gasteiger partial charge in [-0.2, -0.15) is 0 Å². The van der Waals surface area contributed by atoms with Gasteiger partial charge in [-0.05, 0) is 41.5 Å². The summed E-state index contributed by atoms with van der Waals surface area (Å²) in [7, 11) is 0. The Kier molecular flexibility index (Phi) is 104. The topological polar surface area (TPSA) is 241 Å². The first kappa shape index (κ1) is 56.2. The van der Waals surface area contributed by atoms with Crippen molar-refractivity contribution < 1.29 is 121 Å². The van der Waals surface area contributed by atoms with E-state index < -0.39 is 35.8 Å². The second kappa shape index (κ2) is 49.8. The smallest absolute Gasteiger partial charge is 0.550 e. The van der Waals surface area contributed by atoms with Crippen molar-refractivity contribution in [2.75, 3.05) is 0 Å². The van der Waals surface area contributed by atoms with Gasteiger partial charge in [0.1, 0.15) is 0 Å². The van der Waals surface area contributed by atoms with Crippen molar-refractivity contribution in [3.8, 4) is 0 Å². The summed E-state index contributed by atoms with van der Waals surface area (Å²) in [6, 6.07) is 0. The first-order valence-electron chi connectivity index (χ1n) is 5.45. The molecule has 0 radical (unpaired) electrons. The summed E-state index contributed by atoms with van der Waals surface area (Å²) < 4.78 is 0. The molecule has 12 nitrogen and oxygen atoms in total. The molecule has 0 aliphatic heterocycles. The molecule has 27 heavy (non-hydrogen) atoms. The van der Waals surface area contributed by atoms with E-state index in [-0.39, 0.29) is 61.3 Å². The third-order valence-corrected chi connectivity index (χ3v) is 0. The molecule has 168 valence electrons. The second-order valence-electron chi connectivity index (χ2n) is 2.95. The van der Waals surface area contributed by atoms with E-state index in [0.717, 1.165) is 41.5 Å². The molecule has 0 rings (SSSR count). The molecular weight excluding hydrogens is 655 g/mol. The summed E-state index contributed by atoms with van der Waals surface area (Å²) in [6.45, 7) is 5.83. The zero-order chi connectivity index (χ0) is 21.5. The summed E-state index contributed by atoms with van der Waals surface area (Å²) in [5.74, 6) is -6.50. The zero-order valence-corrected chi connectivity index (χ0v) is 19.5. The SMILES string of the molecule is CC(=O)[O-].CC(=O)[O-].CC(=O)[O-].CC(=O)[O-].CC(=O)[O-].CC(=O)[O-].[Pd+2].[Pd+2].[Pd+2]. The van der Waals surface area contributed by atoms with E-state index in [1.807, 2.05) is 0 Å². The Hall–Kier alpha value is -1.19. The molecule has 0 aromatic heterocycles. The minimum absolute atomic E-state index is 0. The number of aliphatic carboxylic acids is 6. The van der Waals surface area contributed by atoms with Crippen LogP contribution in [0.2, 0.25) is 0 Å². The van der Waals surface area contributed by atoms with Crippen LogP contribution in [0.15, 0.2) is 0 Å². The number of hydrogen-bond acceptors (Lipinski definition) is 12. The molecule has 0 aliphatic carbocycles. The van der Waals surface area contributed by atoms with Crippen molar-refractivity contribution in [1.29, 1.82) is 0 Å². The number of carbonyl (C=O) groups is 6. The summed E-state index contributed by atoms with van der Waals surface area (Å²) in [6.07, 6.45) is 0. The fraction of sp³-hybridized carbons (Fsp3) is 0.500. The van der Waals surface area contributed by atoms with Crippen LogP contribution in [0.5, 0.6) is 0 Å². The van der Waals surface area contributed by atoms with Crippen LogP contribution >= 0.6 is 0 Å². The van der Waals surface area contributed by atoms with Gasteiger partial charge in [-0.3, -0.25) is 0 Å². The van der Waals surface area contributed by atoms with Gasteiger partial charge in [0.2, 0.25) is 0 Å². The van der Waals surface area contributed by atoms with Crippen LogP contribution in [0, 0.1) is 0 Å². The maximum Gasteiger partial charge on any atom is 2.00 e. The van der Waals surface area contributed by atoms with E-state index in [1.54, 1.807) is 0 Å².